The number of aromatic nitrogens is 1. The first-order chi connectivity index (χ1) is 17.1. The van der Waals surface area contributed by atoms with E-state index in [1.165, 1.54) is 33.8 Å². The van der Waals surface area contributed by atoms with Crippen LogP contribution in [-0.4, -0.2) is 28.2 Å². The Morgan fingerprint density at radius 2 is 1.89 bits per heavy atom. The molecule has 1 atom stereocenters. The number of para-hydroxylation sites is 1. The molecule has 1 aromatic heterocycles. The summed E-state index contributed by atoms with van der Waals surface area (Å²) in [6.45, 7) is 1.76. The third kappa shape index (κ3) is 3.66. The Morgan fingerprint density at radius 3 is 2.69 bits per heavy atom. The molecule has 1 N–H and O–H groups in total. The molecule has 35 heavy (non-hydrogen) atoms. The van der Waals surface area contributed by atoms with Crippen LogP contribution in [0.5, 0.6) is 11.5 Å². The zero-order valence-electron chi connectivity index (χ0n) is 19.4. The highest BCUT2D eigenvalue weighted by atomic mass is 19.2. The quantitative estimate of drug-likeness (QED) is 0.435. The average Bonchev–Trinajstić information content (AvgIpc) is 3.20. The predicted molar refractivity (Wildman–Crippen MR) is 128 cm³/mol. The summed E-state index contributed by atoms with van der Waals surface area (Å²) in [7, 11) is 1.61. The van der Waals surface area contributed by atoms with Crippen LogP contribution in [0.25, 0.3) is 10.9 Å². The molecule has 6 rings (SSSR count). The summed E-state index contributed by atoms with van der Waals surface area (Å²) in [5.41, 5.74) is 6.50. The van der Waals surface area contributed by atoms with Crippen molar-refractivity contribution in [3.8, 4) is 11.5 Å². The zero-order chi connectivity index (χ0) is 24.1. The molecule has 0 fully saturated rings. The molecule has 7 heteroatoms. The van der Waals surface area contributed by atoms with E-state index in [1.54, 1.807) is 7.11 Å². The van der Waals surface area contributed by atoms with Crippen molar-refractivity contribution >= 4 is 10.9 Å². The van der Waals surface area contributed by atoms with Crippen LogP contribution in [0.15, 0.2) is 54.6 Å². The van der Waals surface area contributed by atoms with Crippen molar-refractivity contribution in [3.63, 3.8) is 0 Å². The SMILES string of the molecule is COc1cc2c(cc1OCc1ccc(F)c(F)c1)C1Cc3c(n(CO)c4ccccc34)CN1CC2. The molecule has 0 bridgehead atoms. The molecule has 0 spiro atoms. The molecule has 180 valence electrons. The molecule has 0 radical (unpaired) electrons. The van der Waals surface area contributed by atoms with E-state index in [0.717, 1.165) is 43.6 Å². The Kier molecular flexibility index (Phi) is 5.46. The van der Waals surface area contributed by atoms with Crippen molar-refractivity contribution in [3.05, 3.63) is 94.2 Å². The average molecular weight is 477 g/mol. The molecular formula is C28H26F2N2O3. The van der Waals surface area contributed by atoms with E-state index in [1.807, 2.05) is 28.8 Å². The van der Waals surface area contributed by atoms with E-state index >= 15 is 0 Å². The van der Waals surface area contributed by atoms with Gasteiger partial charge in [0, 0.05) is 30.2 Å². The summed E-state index contributed by atoms with van der Waals surface area (Å²) in [5.74, 6) is -0.548. The topological polar surface area (TPSA) is 46.9 Å². The minimum absolute atomic E-state index is 0.0376. The third-order valence-electron chi connectivity index (χ3n) is 7.36. The van der Waals surface area contributed by atoms with Crippen molar-refractivity contribution < 1.29 is 23.4 Å². The van der Waals surface area contributed by atoms with E-state index in [0.29, 0.717) is 17.1 Å². The molecule has 0 saturated carbocycles. The molecule has 1 unspecified atom stereocenters. The lowest BCUT2D eigenvalue weighted by atomic mass is 9.85. The summed E-state index contributed by atoms with van der Waals surface area (Å²) >= 11 is 0. The van der Waals surface area contributed by atoms with Crippen LogP contribution in [0.2, 0.25) is 0 Å². The molecule has 5 nitrogen and oxygen atoms in total. The number of fused-ring (bicyclic) bond motifs is 6. The molecule has 4 aromatic rings. The van der Waals surface area contributed by atoms with Gasteiger partial charge in [-0.3, -0.25) is 4.90 Å². The minimum Gasteiger partial charge on any atom is -0.493 e. The number of benzene rings is 3. The Morgan fingerprint density at radius 1 is 1.03 bits per heavy atom. The van der Waals surface area contributed by atoms with Gasteiger partial charge in [0.05, 0.1) is 12.6 Å². The Bertz CT molecular complexity index is 1430. The maximum atomic E-state index is 13.6. The molecule has 3 heterocycles. The van der Waals surface area contributed by atoms with E-state index in [9.17, 15) is 13.9 Å². The number of nitrogens with zero attached hydrogens (tertiary/aromatic N) is 2. The Balaban J connectivity index is 1.36. The fourth-order valence-electron chi connectivity index (χ4n) is 5.64. The first kappa shape index (κ1) is 22.1. The van der Waals surface area contributed by atoms with Gasteiger partial charge in [0.1, 0.15) is 13.3 Å². The fraction of sp³-hybridized carbons (Fsp3) is 0.286. The number of ether oxygens (including phenoxy) is 2. The van der Waals surface area contributed by atoms with Gasteiger partial charge in [-0.2, -0.15) is 0 Å². The van der Waals surface area contributed by atoms with Crippen molar-refractivity contribution in [2.75, 3.05) is 13.7 Å². The lowest BCUT2D eigenvalue weighted by molar-refractivity contribution is 0.145. The number of rotatable bonds is 5. The van der Waals surface area contributed by atoms with Crippen LogP contribution in [-0.2, 0) is 32.7 Å². The largest absolute Gasteiger partial charge is 0.493 e. The standard InChI is InChI=1S/C28H26F2N2O3/c1-34-27-11-18-8-9-31-14-26-21(19-4-2-3-5-24(19)32(26)16-33)12-25(31)20(18)13-28(27)35-15-17-6-7-22(29)23(30)10-17/h2-7,10-11,13,25,33H,8-9,12,14-16H2,1H3. The zero-order valence-corrected chi connectivity index (χ0v) is 19.4. The van der Waals surface area contributed by atoms with Gasteiger partial charge in [-0.05, 0) is 65.4 Å². The summed E-state index contributed by atoms with van der Waals surface area (Å²) in [6, 6.07) is 16.3. The lowest BCUT2D eigenvalue weighted by Crippen LogP contribution is -2.39. The normalized spacial score (nSPS) is 17.1. The molecule has 3 aromatic carbocycles. The van der Waals surface area contributed by atoms with Crippen LogP contribution in [0.3, 0.4) is 0 Å². The second-order valence-electron chi connectivity index (χ2n) is 9.19. The van der Waals surface area contributed by atoms with Crippen LogP contribution in [0.1, 0.15) is 34.0 Å². The molecule has 0 amide bonds. The molecule has 0 saturated heterocycles. The number of hydrogen-bond donors (Lipinski definition) is 1. The molecular weight excluding hydrogens is 450 g/mol. The van der Waals surface area contributed by atoms with Gasteiger partial charge >= 0.3 is 0 Å². The predicted octanol–water partition coefficient (Wildman–Crippen LogP) is 5.11. The summed E-state index contributed by atoms with van der Waals surface area (Å²) in [6.07, 6.45) is 1.73. The number of aliphatic hydroxyl groups excluding tert-OH is 1. The third-order valence-corrected chi connectivity index (χ3v) is 7.36. The first-order valence-electron chi connectivity index (χ1n) is 11.8. The molecule has 2 aliphatic heterocycles. The van der Waals surface area contributed by atoms with Gasteiger partial charge < -0.3 is 19.1 Å². The number of hydrogen-bond acceptors (Lipinski definition) is 4. The van der Waals surface area contributed by atoms with Crippen LogP contribution in [0, 0.1) is 11.6 Å². The second-order valence-corrected chi connectivity index (χ2v) is 9.19. The van der Waals surface area contributed by atoms with E-state index in [4.69, 9.17) is 9.47 Å². The van der Waals surface area contributed by atoms with Crippen molar-refractivity contribution in [2.24, 2.45) is 0 Å². The highest BCUT2D eigenvalue weighted by Crippen LogP contribution is 2.44. The van der Waals surface area contributed by atoms with Crippen LogP contribution in [0.4, 0.5) is 8.78 Å². The molecule has 2 aliphatic rings. The lowest BCUT2D eigenvalue weighted by Gasteiger charge is -2.41. The number of methoxy groups -OCH3 is 1. The van der Waals surface area contributed by atoms with Crippen molar-refractivity contribution in [2.45, 2.75) is 38.8 Å². The first-order valence-corrected chi connectivity index (χ1v) is 11.8. The highest BCUT2D eigenvalue weighted by Gasteiger charge is 2.35. The van der Waals surface area contributed by atoms with E-state index < -0.39 is 11.6 Å². The van der Waals surface area contributed by atoms with Gasteiger partial charge in [0.2, 0.25) is 0 Å². The maximum Gasteiger partial charge on any atom is 0.162 e. The number of aliphatic hydroxyl groups is 1. The van der Waals surface area contributed by atoms with Crippen molar-refractivity contribution in [1.29, 1.82) is 0 Å². The second kappa shape index (κ2) is 8.66. The van der Waals surface area contributed by atoms with Crippen LogP contribution >= 0.6 is 0 Å². The smallest absolute Gasteiger partial charge is 0.162 e. The van der Waals surface area contributed by atoms with Gasteiger partial charge in [-0.1, -0.05) is 24.3 Å². The van der Waals surface area contributed by atoms with Gasteiger partial charge in [0.25, 0.3) is 0 Å². The summed E-state index contributed by atoms with van der Waals surface area (Å²) < 4.78 is 40.6. The maximum absolute atomic E-state index is 13.6. The van der Waals surface area contributed by atoms with Crippen LogP contribution < -0.4 is 9.47 Å². The van der Waals surface area contributed by atoms with Gasteiger partial charge in [-0.25, -0.2) is 8.78 Å². The monoisotopic (exact) mass is 476 g/mol. The Hall–Kier alpha value is -3.42. The van der Waals surface area contributed by atoms with E-state index in [-0.39, 0.29) is 19.4 Å². The molecule has 0 aliphatic carbocycles. The summed E-state index contributed by atoms with van der Waals surface area (Å²) in [5, 5.41) is 11.3. The van der Waals surface area contributed by atoms with Gasteiger partial charge in [0.15, 0.2) is 23.1 Å². The number of halogens is 2. The van der Waals surface area contributed by atoms with Gasteiger partial charge in [-0.15, -0.1) is 0 Å². The van der Waals surface area contributed by atoms with Crippen molar-refractivity contribution in [1.82, 2.24) is 9.47 Å². The Labute approximate surface area is 202 Å². The summed E-state index contributed by atoms with van der Waals surface area (Å²) in [4.78, 5) is 2.46. The highest BCUT2D eigenvalue weighted by molar-refractivity contribution is 5.86. The van der Waals surface area contributed by atoms with E-state index in [2.05, 4.69) is 17.0 Å². The fourth-order valence-corrected chi connectivity index (χ4v) is 5.64. The minimum atomic E-state index is -0.890.